The van der Waals surface area contributed by atoms with Crippen LogP contribution in [0.2, 0.25) is 18.1 Å². The maximum Gasteiger partial charge on any atom is 0.192 e. The van der Waals surface area contributed by atoms with Crippen molar-refractivity contribution < 1.29 is 14.3 Å². The molecule has 4 atom stereocenters. The van der Waals surface area contributed by atoms with Crippen LogP contribution in [0.25, 0.3) is 0 Å². The van der Waals surface area contributed by atoms with Gasteiger partial charge in [-0.3, -0.25) is 0 Å². The van der Waals surface area contributed by atoms with E-state index in [0.29, 0.717) is 17.9 Å². The first-order valence-corrected chi connectivity index (χ1v) is 18.9. The summed E-state index contributed by atoms with van der Waals surface area (Å²) >= 11 is 0. The fourth-order valence-electron chi connectivity index (χ4n) is 6.29. The minimum absolute atomic E-state index is 0.0683. The molecule has 0 bridgehead atoms. The monoisotopic (exact) mass is 557 g/mol. The van der Waals surface area contributed by atoms with Crippen molar-refractivity contribution in [3.8, 4) is 0 Å². The molecule has 1 aromatic rings. The smallest absolute Gasteiger partial charge is 0.192 e. The maximum atomic E-state index is 11.4. The summed E-state index contributed by atoms with van der Waals surface area (Å²) in [4.78, 5) is 0. The summed E-state index contributed by atoms with van der Waals surface area (Å²) in [6.07, 6.45) is 18.1. The molecule has 0 spiro atoms. The van der Waals surface area contributed by atoms with E-state index in [1.165, 1.54) is 56.9 Å². The van der Waals surface area contributed by atoms with Crippen LogP contribution in [0, 0.1) is 11.8 Å². The van der Waals surface area contributed by atoms with Crippen LogP contribution in [0.15, 0.2) is 42.7 Å². The van der Waals surface area contributed by atoms with E-state index in [-0.39, 0.29) is 23.4 Å². The van der Waals surface area contributed by atoms with Gasteiger partial charge in [0, 0.05) is 18.7 Å². The Kier molecular flexibility index (Phi) is 13.1. The lowest BCUT2D eigenvalue weighted by Crippen LogP contribution is -2.44. The molecule has 5 heteroatoms. The molecule has 39 heavy (non-hydrogen) atoms. The molecule has 0 amide bonds. The largest absolute Gasteiger partial charge is 0.495 e. The fourth-order valence-corrected chi connectivity index (χ4v) is 7.75. The predicted molar refractivity (Wildman–Crippen MR) is 167 cm³/mol. The second kappa shape index (κ2) is 15.7. The molecule has 2 saturated carbocycles. The molecule has 2 aliphatic rings. The van der Waals surface area contributed by atoms with Crippen molar-refractivity contribution in [1.29, 1.82) is 0 Å². The lowest BCUT2D eigenvalue weighted by molar-refractivity contribution is -0.0690. The number of ether oxygens (including phenoxy) is 1. The van der Waals surface area contributed by atoms with Gasteiger partial charge in [-0.25, -0.2) is 0 Å². The molecule has 222 valence electrons. The summed E-state index contributed by atoms with van der Waals surface area (Å²) in [6.45, 7) is 14.7. The van der Waals surface area contributed by atoms with E-state index in [2.05, 4.69) is 82.5 Å². The van der Waals surface area contributed by atoms with Crippen molar-refractivity contribution in [2.75, 3.05) is 0 Å². The molecule has 2 N–H and O–H groups in total. The van der Waals surface area contributed by atoms with Crippen molar-refractivity contribution in [2.24, 2.45) is 11.8 Å². The highest BCUT2D eigenvalue weighted by Crippen LogP contribution is 2.38. The summed E-state index contributed by atoms with van der Waals surface area (Å²) in [5.74, 6) is 0.873. The molecule has 1 aromatic carbocycles. The maximum absolute atomic E-state index is 11.4. The first kappa shape index (κ1) is 32.4. The number of hydrogen-bond acceptors (Lipinski definition) is 4. The van der Waals surface area contributed by atoms with Gasteiger partial charge in [-0.05, 0) is 87.1 Å². The molecule has 0 aliphatic heterocycles. The average molecular weight is 558 g/mol. The molecule has 0 heterocycles. The van der Waals surface area contributed by atoms with E-state index in [1.54, 1.807) is 0 Å². The van der Waals surface area contributed by atoms with Gasteiger partial charge >= 0.3 is 0 Å². The van der Waals surface area contributed by atoms with Crippen LogP contribution >= 0.6 is 0 Å². The third-order valence-electron chi connectivity index (χ3n) is 9.69. The fraction of sp³-hybridized carbons (Fsp3) is 0.765. The van der Waals surface area contributed by atoms with Crippen LogP contribution in [0.3, 0.4) is 0 Å². The van der Waals surface area contributed by atoms with E-state index in [9.17, 15) is 5.11 Å². The number of benzene rings is 1. The van der Waals surface area contributed by atoms with E-state index in [1.807, 2.05) is 6.26 Å². The highest BCUT2D eigenvalue weighted by molar-refractivity contribution is 6.74. The number of aliphatic hydroxyl groups excluding tert-OH is 1. The lowest BCUT2D eigenvalue weighted by Gasteiger charge is -2.39. The zero-order chi connectivity index (χ0) is 28.3. The number of hydrogen-bond donors (Lipinski definition) is 2. The molecular formula is C34H59NO3Si. The molecule has 0 radical (unpaired) electrons. The summed E-state index contributed by atoms with van der Waals surface area (Å²) in [5, 5.41) is 15.4. The van der Waals surface area contributed by atoms with Crippen LogP contribution < -0.4 is 5.32 Å². The quantitative estimate of drug-likeness (QED) is 0.177. The molecule has 2 fully saturated rings. The van der Waals surface area contributed by atoms with E-state index < -0.39 is 8.32 Å². The number of rotatable bonds is 14. The third-order valence-corrected chi connectivity index (χ3v) is 14.3. The minimum atomic E-state index is -1.82. The third kappa shape index (κ3) is 10.6. The van der Waals surface area contributed by atoms with E-state index >= 15 is 0 Å². The minimum Gasteiger partial charge on any atom is -0.495 e. The summed E-state index contributed by atoms with van der Waals surface area (Å²) in [7, 11) is -1.82. The summed E-state index contributed by atoms with van der Waals surface area (Å²) in [6, 6.07) is 10.9. The van der Waals surface area contributed by atoms with Crippen LogP contribution in [-0.2, 0) is 15.7 Å². The van der Waals surface area contributed by atoms with Crippen LogP contribution in [0.5, 0.6) is 0 Å². The molecule has 4 nitrogen and oxygen atoms in total. The Balaban J connectivity index is 1.63. The summed E-state index contributed by atoms with van der Waals surface area (Å²) in [5.41, 5.74) is 1.30. The molecule has 0 aromatic heterocycles. The average Bonchev–Trinajstić information content (AvgIpc) is 2.92. The van der Waals surface area contributed by atoms with Gasteiger partial charge in [0.2, 0.25) is 0 Å². The van der Waals surface area contributed by atoms with Crippen molar-refractivity contribution in [3.63, 3.8) is 0 Å². The van der Waals surface area contributed by atoms with Gasteiger partial charge in [-0.2, -0.15) is 0 Å². The van der Waals surface area contributed by atoms with Gasteiger partial charge in [0.15, 0.2) is 8.32 Å². The molecule has 0 saturated heterocycles. The SMILES string of the molecule is C[C@H](CC(C/C=C/O[C@H](C1CCCCC1)[C@H](O)C1CCCCC1)NCc1ccccc1)O[Si](C)(C)C(C)(C)C. The van der Waals surface area contributed by atoms with Gasteiger partial charge in [-0.1, -0.05) is 89.6 Å². The highest BCUT2D eigenvalue weighted by atomic mass is 28.4. The van der Waals surface area contributed by atoms with Crippen LogP contribution in [0.1, 0.15) is 110 Å². The van der Waals surface area contributed by atoms with E-state index in [4.69, 9.17) is 9.16 Å². The Morgan fingerprint density at radius 1 is 0.949 bits per heavy atom. The Morgan fingerprint density at radius 3 is 2.13 bits per heavy atom. The van der Waals surface area contributed by atoms with Gasteiger partial charge in [-0.15, -0.1) is 0 Å². The lowest BCUT2D eigenvalue weighted by atomic mass is 9.76. The topological polar surface area (TPSA) is 50.7 Å². The standard InChI is InChI=1S/C34H59NO3Si/c1-27(38-39(5,6)34(2,3)4)25-31(35-26-28-17-10-7-11-18-28)23-16-24-37-33(30-21-14-9-15-22-30)32(36)29-19-12-8-13-20-29/h7,10-11,16-18,24,27,29-33,35-36H,8-9,12-15,19-23,25-26H2,1-6H3/b24-16+/t27-,31?,32-,33-/m1/s1. The second-order valence-corrected chi connectivity index (χ2v) is 18.7. The predicted octanol–water partition coefficient (Wildman–Crippen LogP) is 8.76. The molecular weight excluding hydrogens is 498 g/mol. The molecule has 1 unspecified atom stereocenters. The molecule has 2 aliphatic carbocycles. The van der Waals surface area contributed by atoms with Gasteiger partial charge in [0.05, 0.1) is 12.4 Å². The zero-order valence-electron chi connectivity index (χ0n) is 26.0. The van der Waals surface area contributed by atoms with Gasteiger partial charge < -0.3 is 19.6 Å². The zero-order valence-corrected chi connectivity index (χ0v) is 27.0. The second-order valence-electron chi connectivity index (χ2n) is 14.0. The van der Waals surface area contributed by atoms with Crippen molar-refractivity contribution >= 4 is 8.32 Å². The number of nitrogens with one attached hydrogen (secondary N) is 1. The number of aliphatic hydroxyl groups is 1. The van der Waals surface area contributed by atoms with Crippen molar-refractivity contribution in [2.45, 2.75) is 154 Å². The normalized spacial score (nSPS) is 21.5. The van der Waals surface area contributed by atoms with Gasteiger partial charge in [0.25, 0.3) is 0 Å². The Morgan fingerprint density at radius 2 is 1.54 bits per heavy atom. The Bertz CT molecular complexity index is 825. The van der Waals surface area contributed by atoms with E-state index in [0.717, 1.165) is 32.2 Å². The Hall–Kier alpha value is -1.14. The molecule has 3 rings (SSSR count). The summed E-state index contributed by atoms with van der Waals surface area (Å²) < 4.78 is 13.2. The first-order chi connectivity index (χ1) is 18.6. The van der Waals surface area contributed by atoms with Crippen LogP contribution in [0.4, 0.5) is 0 Å². The van der Waals surface area contributed by atoms with Gasteiger partial charge in [0.1, 0.15) is 6.10 Å². The highest BCUT2D eigenvalue weighted by Gasteiger charge is 2.39. The van der Waals surface area contributed by atoms with Crippen molar-refractivity contribution in [1.82, 2.24) is 5.32 Å². The first-order valence-electron chi connectivity index (χ1n) is 16.0. The Labute approximate surface area is 241 Å². The van der Waals surface area contributed by atoms with Crippen molar-refractivity contribution in [3.05, 3.63) is 48.2 Å². The van der Waals surface area contributed by atoms with Crippen LogP contribution in [-0.4, -0.2) is 37.8 Å².